The molecule has 0 unspecified atom stereocenters. The molecule has 1 amide bonds. The van der Waals surface area contributed by atoms with Crippen LogP contribution in [0, 0.1) is 6.92 Å². The molecule has 4 nitrogen and oxygen atoms in total. The largest absolute Gasteiger partial charge is 0.488 e. The number of fused-ring (bicyclic) bond motifs is 3. The monoisotopic (exact) mass is 260 g/mol. The van der Waals surface area contributed by atoms with Gasteiger partial charge in [0, 0.05) is 16.0 Å². The summed E-state index contributed by atoms with van der Waals surface area (Å²) in [6, 6.07) is 7.91. The van der Waals surface area contributed by atoms with E-state index in [1.807, 2.05) is 25.1 Å². The van der Waals surface area contributed by atoms with Crippen LogP contribution in [-0.2, 0) is 6.61 Å². The summed E-state index contributed by atoms with van der Waals surface area (Å²) in [5, 5.41) is 0. The lowest BCUT2D eigenvalue weighted by Crippen LogP contribution is -2.29. The average Bonchev–Trinajstić information content (AvgIpc) is 2.82. The van der Waals surface area contributed by atoms with Crippen LogP contribution in [0.5, 0.6) is 5.75 Å². The van der Waals surface area contributed by atoms with Gasteiger partial charge in [0.15, 0.2) is 0 Å². The zero-order valence-electron chi connectivity index (χ0n) is 9.82. The van der Waals surface area contributed by atoms with E-state index in [2.05, 4.69) is 11.5 Å². The molecule has 0 spiro atoms. The van der Waals surface area contributed by atoms with Gasteiger partial charge in [0.2, 0.25) is 0 Å². The molecule has 0 fully saturated rings. The third-order valence-electron chi connectivity index (χ3n) is 2.93. The Balaban J connectivity index is 2.14. The standard InChI is InChI=1S/C13H12N2O2S/c1-7-2-3-10-9(4-7)12-8(6-17-10)5-11(18-12)13(16)15-14/h2-5H,6,14H2,1H3,(H,15,16). The maximum atomic E-state index is 11.5. The van der Waals surface area contributed by atoms with Gasteiger partial charge in [-0.25, -0.2) is 5.84 Å². The minimum Gasteiger partial charge on any atom is -0.488 e. The lowest BCUT2D eigenvalue weighted by atomic mass is 10.0. The Labute approximate surface area is 108 Å². The molecule has 18 heavy (non-hydrogen) atoms. The van der Waals surface area contributed by atoms with Gasteiger partial charge in [-0.3, -0.25) is 10.2 Å². The number of rotatable bonds is 1. The highest BCUT2D eigenvalue weighted by atomic mass is 32.1. The fourth-order valence-corrected chi connectivity index (χ4v) is 3.14. The normalized spacial score (nSPS) is 12.3. The van der Waals surface area contributed by atoms with Crippen LogP contribution in [0.4, 0.5) is 0 Å². The van der Waals surface area contributed by atoms with E-state index in [-0.39, 0.29) is 5.91 Å². The zero-order valence-corrected chi connectivity index (χ0v) is 10.6. The predicted octanol–water partition coefficient (Wildman–Crippen LogP) is 2.22. The summed E-state index contributed by atoms with van der Waals surface area (Å²) in [4.78, 5) is 13.3. The highest BCUT2D eigenvalue weighted by Gasteiger charge is 2.22. The summed E-state index contributed by atoms with van der Waals surface area (Å²) in [7, 11) is 0. The van der Waals surface area contributed by atoms with Crippen molar-refractivity contribution in [3.05, 3.63) is 40.3 Å². The Hall–Kier alpha value is -1.85. The first-order valence-corrected chi connectivity index (χ1v) is 6.38. The van der Waals surface area contributed by atoms with E-state index in [0.717, 1.165) is 21.8 Å². The van der Waals surface area contributed by atoms with E-state index in [4.69, 9.17) is 10.6 Å². The van der Waals surface area contributed by atoms with E-state index in [1.165, 1.54) is 16.9 Å². The van der Waals surface area contributed by atoms with Crippen LogP contribution in [0.2, 0.25) is 0 Å². The van der Waals surface area contributed by atoms with Gasteiger partial charge in [0.1, 0.15) is 12.4 Å². The number of aryl methyl sites for hydroxylation is 1. The number of benzene rings is 1. The van der Waals surface area contributed by atoms with E-state index in [1.54, 1.807) is 0 Å². The smallest absolute Gasteiger partial charge is 0.275 e. The Morgan fingerprint density at radius 1 is 1.44 bits per heavy atom. The second kappa shape index (κ2) is 4.12. The Bertz CT molecular complexity index is 634. The minimum absolute atomic E-state index is 0.261. The van der Waals surface area contributed by atoms with Crippen LogP contribution in [0.25, 0.3) is 10.4 Å². The third-order valence-corrected chi connectivity index (χ3v) is 4.14. The van der Waals surface area contributed by atoms with Crippen LogP contribution < -0.4 is 16.0 Å². The number of carbonyl (C=O) groups is 1. The molecule has 1 aliphatic heterocycles. The quantitative estimate of drug-likeness (QED) is 0.469. The summed E-state index contributed by atoms with van der Waals surface area (Å²) in [6.07, 6.45) is 0. The Morgan fingerprint density at radius 3 is 3.06 bits per heavy atom. The molecule has 0 saturated heterocycles. The van der Waals surface area contributed by atoms with Crippen LogP contribution >= 0.6 is 11.3 Å². The second-order valence-corrected chi connectivity index (χ2v) is 5.28. The molecule has 0 saturated carbocycles. The van der Waals surface area contributed by atoms with E-state index in [0.29, 0.717) is 11.5 Å². The molecular formula is C13H12N2O2S. The molecule has 2 aromatic rings. The Morgan fingerprint density at radius 2 is 2.28 bits per heavy atom. The van der Waals surface area contributed by atoms with Crippen molar-refractivity contribution in [2.75, 3.05) is 0 Å². The van der Waals surface area contributed by atoms with Crippen molar-refractivity contribution in [2.24, 2.45) is 5.84 Å². The molecule has 0 bridgehead atoms. The van der Waals surface area contributed by atoms with Crippen LogP contribution in [-0.4, -0.2) is 5.91 Å². The number of ether oxygens (including phenoxy) is 1. The fourth-order valence-electron chi connectivity index (χ4n) is 2.05. The van der Waals surface area contributed by atoms with Gasteiger partial charge in [0.25, 0.3) is 5.91 Å². The summed E-state index contributed by atoms with van der Waals surface area (Å²) >= 11 is 1.45. The minimum atomic E-state index is -0.261. The zero-order chi connectivity index (χ0) is 12.7. The van der Waals surface area contributed by atoms with Gasteiger partial charge in [-0.05, 0) is 25.1 Å². The molecule has 92 valence electrons. The molecular weight excluding hydrogens is 248 g/mol. The van der Waals surface area contributed by atoms with E-state index >= 15 is 0 Å². The van der Waals surface area contributed by atoms with Crippen molar-refractivity contribution < 1.29 is 9.53 Å². The van der Waals surface area contributed by atoms with Crippen molar-refractivity contribution in [2.45, 2.75) is 13.5 Å². The third kappa shape index (κ3) is 1.68. The molecule has 1 aromatic heterocycles. The molecule has 0 radical (unpaired) electrons. The number of amides is 1. The summed E-state index contributed by atoms with van der Waals surface area (Å²) in [5.74, 6) is 5.77. The highest BCUT2D eigenvalue weighted by molar-refractivity contribution is 7.17. The number of hydrazine groups is 1. The van der Waals surface area contributed by atoms with Gasteiger partial charge >= 0.3 is 0 Å². The number of nitrogens with one attached hydrogen (secondary N) is 1. The Kier molecular flexibility index (Phi) is 2.57. The van der Waals surface area contributed by atoms with Crippen molar-refractivity contribution in [1.82, 2.24) is 5.43 Å². The lowest BCUT2D eigenvalue weighted by Gasteiger charge is -2.17. The highest BCUT2D eigenvalue weighted by Crippen LogP contribution is 2.42. The van der Waals surface area contributed by atoms with Gasteiger partial charge in [-0.2, -0.15) is 0 Å². The number of nitrogen functional groups attached to an aromatic ring is 1. The molecule has 3 N–H and O–H groups in total. The van der Waals surface area contributed by atoms with Crippen molar-refractivity contribution in [3.8, 4) is 16.2 Å². The SMILES string of the molecule is Cc1ccc2c(c1)-c1sc(C(=O)NN)cc1CO2. The van der Waals surface area contributed by atoms with E-state index in [9.17, 15) is 4.79 Å². The summed E-state index contributed by atoms with van der Waals surface area (Å²) < 4.78 is 5.68. The van der Waals surface area contributed by atoms with E-state index < -0.39 is 0 Å². The predicted molar refractivity (Wildman–Crippen MR) is 70.5 cm³/mol. The van der Waals surface area contributed by atoms with Crippen molar-refractivity contribution in [3.63, 3.8) is 0 Å². The maximum absolute atomic E-state index is 11.5. The van der Waals surface area contributed by atoms with Crippen molar-refractivity contribution >= 4 is 17.2 Å². The first kappa shape index (κ1) is 11.3. The van der Waals surface area contributed by atoms with Crippen molar-refractivity contribution in [1.29, 1.82) is 0 Å². The first-order chi connectivity index (χ1) is 8.69. The van der Waals surface area contributed by atoms with Crippen LogP contribution in [0.15, 0.2) is 24.3 Å². The number of hydrogen-bond donors (Lipinski definition) is 2. The van der Waals surface area contributed by atoms with Gasteiger partial charge in [-0.1, -0.05) is 11.6 Å². The maximum Gasteiger partial charge on any atom is 0.275 e. The van der Waals surface area contributed by atoms with Crippen LogP contribution in [0.1, 0.15) is 20.8 Å². The average molecular weight is 260 g/mol. The number of nitrogens with two attached hydrogens (primary N) is 1. The van der Waals surface area contributed by atoms with Crippen LogP contribution in [0.3, 0.4) is 0 Å². The van der Waals surface area contributed by atoms with Gasteiger partial charge < -0.3 is 4.74 Å². The summed E-state index contributed by atoms with van der Waals surface area (Å²) in [5.41, 5.74) is 5.42. The summed E-state index contributed by atoms with van der Waals surface area (Å²) in [6.45, 7) is 2.54. The topological polar surface area (TPSA) is 64.4 Å². The lowest BCUT2D eigenvalue weighted by molar-refractivity contribution is 0.0957. The van der Waals surface area contributed by atoms with Gasteiger partial charge in [0.05, 0.1) is 4.88 Å². The number of thiophene rings is 1. The molecule has 5 heteroatoms. The molecule has 3 rings (SSSR count). The molecule has 2 heterocycles. The fraction of sp³-hybridized carbons (Fsp3) is 0.154. The molecule has 1 aliphatic rings. The second-order valence-electron chi connectivity index (χ2n) is 4.23. The number of hydrogen-bond acceptors (Lipinski definition) is 4. The first-order valence-electron chi connectivity index (χ1n) is 5.56. The molecule has 1 aromatic carbocycles. The molecule has 0 aliphatic carbocycles. The molecule has 0 atom stereocenters. The van der Waals surface area contributed by atoms with Gasteiger partial charge in [-0.15, -0.1) is 11.3 Å². The number of carbonyl (C=O) groups excluding carboxylic acids is 1.